The van der Waals surface area contributed by atoms with Crippen LogP contribution in [0.4, 0.5) is 0 Å². The maximum Gasteiger partial charge on any atom is 0.0443 e. The highest BCUT2D eigenvalue weighted by Gasteiger charge is 2.32. The molecule has 2 aliphatic rings. The van der Waals surface area contributed by atoms with Crippen molar-refractivity contribution in [3.63, 3.8) is 0 Å². The predicted molar refractivity (Wildman–Crippen MR) is 72.1 cm³/mol. The van der Waals surface area contributed by atoms with Crippen LogP contribution >= 0.6 is 0 Å². The summed E-state index contributed by atoms with van der Waals surface area (Å²) < 4.78 is 0. The van der Waals surface area contributed by atoms with Gasteiger partial charge in [0.2, 0.25) is 0 Å². The van der Waals surface area contributed by atoms with Crippen LogP contribution in [0.25, 0.3) is 0 Å². The van der Waals surface area contributed by atoms with Crippen LogP contribution in [-0.2, 0) is 0 Å². The maximum atomic E-state index is 9.06. The largest absolute Gasteiger partial charge is 0.396 e. The first-order valence-electron chi connectivity index (χ1n) is 7.71. The molecule has 0 aromatic heterocycles. The molecule has 0 aromatic rings. The molecule has 2 unspecified atom stereocenters. The summed E-state index contributed by atoms with van der Waals surface area (Å²) in [6.45, 7) is 3.82. The maximum absolute atomic E-state index is 9.06. The molecule has 0 radical (unpaired) electrons. The van der Waals surface area contributed by atoms with Crippen molar-refractivity contribution in [3.05, 3.63) is 0 Å². The van der Waals surface area contributed by atoms with E-state index in [1.54, 1.807) is 0 Å². The second kappa shape index (κ2) is 6.75. The molecule has 2 rings (SSSR count). The van der Waals surface area contributed by atoms with Gasteiger partial charge in [0.05, 0.1) is 0 Å². The third-order valence-corrected chi connectivity index (χ3v) is 4.92. The highest BCUT2D eigenvalue weighted by atomic mass is 16.3. The average Bonchev–Trinajstić information content (AvgIpc) is 2.32. The van der Waals surface area contributed by atoms with E-state index < -0.39 is 0 Å². The van der Waals surface area contributed by atoms with Crippen LogP contribution in [0.1, 0.15) is 64.7 Å². The zero-order valence-corrected chi connectivity index (χ0v) is 11.4. The van der Waals surface area contributed by atoms with Gasteiger partial charge in [-0.15, -0.1) is 0 Å². The number of hydrogen-bond donors (Lipinski definition) is 1. The lowest BCUT2D eigenvalue weighted by atomic mass is 9.81. The normalized spacial score (nSPS) is 30.5. The minimum atomic E-state index is 0.354. The zero-order chi connectivity index (χ0) is 12.1. The van der Waals surface area contributed by atoms with Crippen LogP contribution in [0.3, 0.4) is 0 Å². The molecule has 2 aliphatic carbocycles. The fraction of sp³-hybridized carbons (Fsp3) is 1.00. The smallest absolute Gasteiger partial charge is 0.0443 e. The summed E-state index contributed by atoms with van der Waals surface area (Å²) in [6.07, 6.45) is 12.2. The first-order valence-corrected chi connectivity index (χ1v) is 7.71. The van der Waals surface area contributed by atoms with Crippen LogP contribution in [0.15, 0.2) is 0 Å². The summed E-state index contributed by atoms with van der Waals surface area (Å²) in [5, 5.41) is 9.06. The fourth-order valence-corrected chi connectivity index (χ4v) is 3.57. The van der Waals surface area contributed by atoms with Gasteiger partial charge in [-0.2, -0.15) is 0 Å². The molecule has 0 bridgehead atoms. The predicted octanol–water partition coefficient (Wildman–Crippen LogP) is 3.19. The van der Waals surface area contributed by atoms with E-state index in [2.05, 4.69) is 11.8 Å². The molecule has 0 amide bonds. The molecule has 2 fully saturated rings. The number of nitrogens with zero attached hydrogens (tertiary/aromatic N) is 1. The molecule has 2 heteroatoms. The molecule has 2 atom stereocenters. The lowest BCUT2D eigenvalue weighted by Crippen LogP contribution is -2.48. The summed E-state index contributed by atoms with van der Waals surface area (Å²) in [6, 6.07) is 1.67. The Labute approximate surface area is 106 Å². The van der Waals surface area contributed by atoms with E-state index in [-0.39, 0.29) is 0 Å². The summed E-state index contributed by atoms with van der Waals surface area (Å²) in [5.41, 5.74) is 0. The average molecular weight is 239 g/mol. The van der Waals surface area contributed by atoms with E-state index in [1.807, 2.05) is 0 Å². The number of rotatable bonds is 6. The van der Waals surface area contributed by atoms with Crippen LogP contribution in [0.5, 0.6) is 0 Å². The Hall–Kier alpha value is -0.0800. The van der Waals surface area contributed by atoms with Crippen molar-refractivity contribution in [1.29, 1.82) is 0 Å². The molecule has 0 heterocycles. The van der Waals surface area contributed by atoms with Gasteiger partial charge in [-0.05, 0) is 38.0 Å². The van der Waals surface area contributed by atoms with E-state index in [0.29, 0.717) is 6.61 Å². The summed E-state index contributed by atoms with van der Waals surface area (Å²) in [7, 11) is 0. The second-order valence-electron chi connectivity index (χ2n) is 5.99. The quantitative estimate of drug-likeness (QED) is 0.769. The summed E-state index contributed by atoms with van der Waals surface area (Å²) >= 11 is 0. The van der Waals surface area contributed by atoms with Gasteiger partial charge in [-0.3, -0.25) is 4.90 Å². The van der Waals surface area contributed by atoms with Crippen molar-refractivity contribution < 1.29 is 5.11 Å². The van der Waals surface area contributed by atoms with Crippen LogP contribution in [0, 0.1) is 5.92 Å². The Kier molecular flexibility index (Phi) is 5.30. The lowest BCUT2D eigenvalue weighted by molar-refractivity contribution is 0.0415. The Balaban J connectivity index is 1.88. The monoisotopic (exact) mass is 239 g/mol. The molecular weight excluding hydrogens is 210 g/mol. The minimum absolute atomic E-state index is 0.354. The third kappa shape index (κ3) is 3.45. The topological polar surface area (TPSA) is 23.5 Å². The van der Waals surface area contributed by atoms with Crippen molar-refractivity contribution in [3.8, 4) is 0 Å². The third-order valence-electron chi connectivity index (χ3n) is 4.92. The number of aliphatic hydroxyl groups is 1. The molecule has 0 saturated heterocycles. The van der Waals surface area contributed by atoms with Gasteiger partial charge in [0.15, 0.2) is 0 Å². The van der Waals surface area contributed by atoms with Gasteiger partial charge in [0, 0.05) is 25.2 Å². The lowest BCUT2D eigenvalue weighted by Gasteiger charge is -2.45. The van der Waals surface area contributed by atoms with Gasteiger partial charge in [-0.1, -0.05) is 32.6 Å². The van der Waals surface area contributed by atoms with Gasteiger partial charge < -0.3 is 5.11 Å². The zero-order valence-electron chi connectivity index (χ0n) is 11.4. The van der Waals surface area contributed by atoms with E-state index in [4.69, 9.17) is 5.11 Å². The number of aliphatic hydroxyl groups excluding tert-OH is 1. The van der Waals surface area contributed by atoms with Crippen molar-refractivity contribution in [2.45, 2.75) is 76.8 Å². The molecule has 0 aromatic carbocycles. The molecular formula is C15H29NO. The van der Waals surface area contributed by atoms with Crippen molar-refractivity contribution in [1.82, 2.24) is 4.90 Å². The van der Waals surface area contributed by atoms with Gasteiger partial charge >= 0.3 is 0 Å². The Bertz CT molecular complexity index is 215. The fourth-order valence-electron chi connectivity index (χ4n) is 3.57. The highest BCUT2D eigenvalue weighted by molar-refractivity contribution is 4.88. The first kappa shape index (κ1) is 13.4. The SMILES string of the molecule is CCC1CCCC(N(CCCO)C2CCC2)C1. The van der Waals surface area contributed by atoms with Crippen molar-refractivity contribution >= 4 is 0 Å². The van der Waals surface area contributed by atoms with Gasteiger partial charge in [0.1, 0.15) is 0 Å². The first-order chi connectivity index (χ1) is 8.35. The highest BCUT2D eigenvalue weighted by Crippen LogP contribution is 2.34. The van der Waals surface area contributed by atoms with E-state index >= 15 is 0 Å². The summed E-state index contributed by atoms with van der Waals surface area (Å²) in [5.74, 6) is 0.963. The molecule has 0 aliphatic heterocycles. The van der Waals surface area contributed by atoms with Crippen molar-refractivity contribution in [2.24, 2.45) is 5.92 Å². The van der Waals surface area contributed by atoms with E-state index in [9.17, 15) is 0 Å². The Morgan fingerprint density at radius 2 is 1.76 bits per heavy atom. The van der Waals surface area contributed by atoms with Crippen LogP contribution < -0.4 is 0 Å². The second-order valence-corrected chi connectivity index (χ2v) is 5.99. The van der Waals surface area contributed by atoms with Gasteiger partial charge in [-0.25, -0.2) is 0 Å². The molecule has 0 spiro atoms. The molecule has 100 valence electrons. The van der Waals surface area contributed by atoms with Crippen molar-refractivity contribution in [2.75, 3.05) is 13.2 Å². The standard InChI is InChI=1S/C15H29NO/c1-2-13-6-3-9-15(12-13)16(10-5-11-17)14-7-4-8-14/h13-15,17H,2-12H2,1H3. The van der Waals surface area contributed by atoms with Crippen LogP contribution in [0.2, 0.25) is 0 Å². The molecule has 2 nitrogen and oxygen atoms in total. The Morgan fingerprint density at radius 1 is 1.06 bits per heavy atom. The van der Waals surface area contributed by atoms with Crippen LogP contribution in [-0.4, -0.2) is 35.2 Å². The van der Waals surface area contributed by atoms with Gasteiger partial charge in [0.25, 0.3) is 0 Å². The van der Waals surface area contributed by atoms with E-state index in [1.165, 1.54) is 51.4 Å². The minimum Gasteiger partial charge on any atom is -0.396 e. The Morgan fingerprint density at radius 3 is 2.35 bits per heavy atom. The van der Waals surface area contributed by atoms with E-state index in [0.717, 1.165) is 31.0 Å². The number of hydrogen-bond acceptors (Lipinski definition) is 2. The summed E-state index contributed by atoms with van der Waals surface area (Å²) in [4.78, 5) is 2.75. The molecule has 2 saturated carbocycles. The molecule has 17 heavy (non-hydrogen) atoms. The molecule has 1 N–H and O–H groups in total.